The molecule has 0 radical (unpaired) electrons. The van der Waals surface area contributed by atoms with Crippen LogP contribution in [0.25, 0.3) is 6.08 Å². The fourth-order valence-corrected chi connectivity index (χ4v) is 4.11. The second-order valence-corrected chi connectivity index (χ2v) is 8.04. The summed E-state index contributed by atoms with van der Waals surface area (Å²) in [6.45, 7) is 5.86. The molecule has 150 valence electrons. The molecule has 7 nitrogen and oxygen atoms in total. The molecule has 2 aromatic rings. The second kappa shape index (κ2) is 8.22. The maximum absolute atomic E-state index is 12.9. The Kier molecular flexibility index (Phi) is 5.90. The van der Waals surface area contributed by atoms with Crippen LogP contribution in [0.5, 0.6) is 11.5 Å². The lowest BCUT2D eigenvalue weighted by molar-refractivity contribution is -0.386. The largest absolute Gasteiger partial charge is 0.500 e. The first-order chi connectivity index (χ1) is 13.7. The minimum absolute atomic E-state index is 0.0161. The van der Waals surface area contributed by atoms with Gasteiger partial charge in [0.1, 0.15) is 0 Å². The van der Waals surface area contributed by atoms with Gasteiger partial charge in [0, 0.05) is 6.07 Å². The third-order valence-corrected chi connectivity index (χ3v) is 5.72. The first kappa shape index (κ1) is 20.8. The average molecular weight is 431 g/mol. The Morgan fingerprint density at radius 1 is 1.28 bits per heavy atom. The fourth-order valence-electron chi connectivity index (χ4n) is 2.81. The molecule has 0 atom stereocenters. The van der Waals surface area contributed by atoms with Crippen LogP contribution < -0.4 is 9.64 Å². The summed E-state index contributed by atoms with van der Waals surface area (Å²) in [5.74, 6) is -0.869. The Bertz CT molecular complexity index is 1070. The number of nitro benzene ring substituents is 1. The summed E-state index contributed by atoms with van der Waals surface area (Å²) in [6.07, 6.45) is 1.51. The van der Waals surface area contributed by atoms with Crippen LogP contribution in [0.15, 0.2) is 35.2 Å². The normalized spacial score (nSPS) is 15.3. The average Bonchev–Trinajstić information content (AvgIpc) is 2.93. The van der Waals surface area contributed by atoms with Crippen LogP contribution in [0.3, 0.4) is 0 Å². The van der Waals surface area contributed by atoms with E-state index in [0.717, 1.165) is 22.9 Å². The molecular weight excluding hydrogens is 412 g/mol. The lowest BCUT2D eigenvalue weighted by Gasteiger charge is -2.15. The third kappa shape index (κ3) is 4.10. The molecule has 0 unspecified atom stereocenters. The number of thiocarbonyl (C=S) groups is 1. The predicted molar refractivity (Wildman–Crippen MR) is 117 cm³/mol. The topological polar surface area (TPSA) is 92.9 Å². The van der Waals surface area contributed by atoms with Crippen molar-refractivity contribution in [1.29, 1.82) is 0 Å². The predicted octanol–water partition coefficient (Wildman–Crippen LogP) is 4.72. The number of phenolic OH excluding ortho intramolecular Hbond substituents is 1. The van der Waals surface area contributed by atoms with E-state index >= 15 is 0 Å². The zero-order valence-corrected chi connectivity index (χ0v) is 17.6. The van der Waals surface area contributed by atoms with E-state index in [2.05, 4.69) is 0 Å². The molecule has 0 bridgehead atoms. The monoisotopic (exact) mass is 430 g/mol. The van der Waals surface area contributed by atoms with Crippen molar-refractivity contribution in [3.63, 3.8) is 0 Å². The number of benzene rings is 2. The quantitative estimate of drug-likeness (QED) is 0.317. The van der Waals surface area contributed by atoms with Crippen LogP contribution in [0.1, 0.15) is 23.6 Å². The van der Waals surface area contributed by atoms with E-state index in [-0.39, 0.29) is 18.3 Å². The van der Waals surface area contributed by atoms with Gasteiger partial charge >= 0.3 is 5.69 Å². The molecule has 2 aromatic carbocycles. The molecule has 1 saturated heterocycles. The molecule has 0 aliphatic carbocycles. The molecule has 1 amide bonds. The SMILES string of the molecule is CCOc1cc(C=C2SC(=S)N(c3ccc(C)c(C)c3)C2=O)cc([N+](=O)[O-])c1O. The number of thioether (sulfide) groups is 1. The van der Waals surface area contributed by atoms with E-state index in [1.807, 2.05) is 32.0 Å². The molecule has 29 heavy (non-hydrogen) atoms. The van der Waals surface area contributed by atoms with Gasteiger partial charge in [-0.2, -0.15) is 0 Å². The van der Waals surface area contributed by atoms with E-state index in [9.17, 15) is 20.0 Å². The van der Waals surface area contributed by atoms with Gasteiger partial charge in [0.05, 0.1) is 22.1 Å². The standard InChI is InChI=1S/C20H18N2O5S2/c1-4-27-16-9-13(8-15(18(16)23)22(25)26)10-17-19(24)21(20(28)29-17)14-6-5-11(2)12(3)7-14/h5-10,23H,4H2,1-3H3. The number of aryl methyl sites for hydroxylation is 2. The van der Waals surface area contributed by atoms with Gasteiger partial charge < -0.3 is 9.84 Å². The van der Waals surface area contributed by atoms with Gasteiger partial charge in [-0.3, -0.25) is 19.8 Å². The molecule has 0 aromatic heterocycles. The molecule has 3 rings (SSSR count). The van der Waals surface area contributed by atoms with Crippen LogP contribution in [0.4, 0.5) is 11.4 Å². The Morgan fingerprint density at radius 3 is 2.62 bits per heavy atom. The zero-order valence-electron chi connectivity index (χ0n) is 16.0. The van der Waals surface area contributed by atoms with Crippen LogP contribution in [-0.4, -0.2) is 26.9 Å². The van der Waals surface area contributed by atoms with E-state index < -0.39 is 16.4 Å². The van der Waals surface area contributed by atoms with E-state index in [1.165, 1.54) is 23.1 Å². The van der Waals surface area contributed by atoms with Crippen LogP contribution in [-0.2, 0) is 4.79 Å². The Balaban J connectivity index is 2.01. The molecule has 0 saturated carbocycles. The highest BCUT2D eigenvalue weighted by Crippen LogP contribution is 2.40. The lowest BCUT2D eigenvalue weighted by atomic mass is 10.1. The van der Waals surface area contributed by atoms with E-state index in [4.69, 9.17) is 17.0 Å². The van der Waals surface area contributed by atoms with Crippen molar-refractivity contribution in [3.8, 4) is 11.5 Å². The first-order valence-corrected chi connectivity index (χ1v) is 9.94. The zero-order chi connectivity index (χ0) is 21.3. The number of rotatable bonds is 5. The third-order valence-electron chi connectivity index (χ3n) is 4.41. The van der Waals surface area contributed by atoms with E-state index in [0.29, 0.717) is 20.5 Å². The molecule has 1 N–H and O–H groups in total. The second-order valence-electron chi connectivity index (χ2n) is 6.36. The highest BCUT2D eigenvalue weighted by Gasteiger charge is 2.33. The number of carbonyl (C=O) groups is 1. The fraction of sp³-hybridized carbons (Fsp3) is 0.200. The van der Waals surface area contributed by atoms with Crippen LogP contribution in [0.2, 0.25) is 0 Å². The summed E-state index contributed by atoms with van der Waals surface area (Å²) in [5.41, 5.74) is 2.68. The van der Waals surface area contributed by atoms with Crippen molar-refractivity contribution in [2.24, 2.45) is 0 Å². The molecule has 0 spiro atoms. The van der Waals surface area contributed by atoms with Gasteiger partial charge in [-0.1, -0.05) is 30.0 Å². The van der Waals surface area contributed by atoms with Gasteiger partial charge in [0.2, 0.25) is 5.75 Å². The number of hydrogen-bond donors (Lipinski definition) is 1. The van der Waals surface area contributed by atoms with Gasteiger partial charge in [-0.15, -0.1) is 0 Å². The Morgan fingerprint density at radius 2 is 2.00 bits per heavy atom. The number of ether oxygens (including phenoxy) is 1. The molecule has 1 fully saturated rings. The summed E-state index contributed by atoms with van der Waals surface area (Å²) in [4.78, 5) is 25.3. The highest BCUT2D eigenvalue weighted by atomic mass is 32.2. The number of amides is 1. The summed E-state index contributed by atoms with van der Waals surface area (Å²) in [7, 11) is 0. The van der Waals surface area contributed by atoms with E-state index in [1.54, 1.807) is 6.92 Å². The number of nitrogens with zero attached hydrogens (tertiary/aromatic N) is 2. The first-order valence-electron chi connectivity index (χ1n) is 8.72. The molecule has 1 heterocycles. The van der Waals surface area contributed by atoms with Crippen molar-refractivity contribution in [3.05, 3.63) is 62.0 Å². The molecule has 1 aliphatic heterocycles. The van der Waals surface area contributed by atoms with Crippen molar-refractivity contribution >= 4 is 51.7 Å². The lowest BCUT2D eigenvalue weighted by Crippen LogP contribution is -2.27. The minimum Gasteiger partial charge on any atom is -0.500 e. The van der Waals surface area contributed by atoms with Crippen molar-refractivity contribution in [2.45, 2.75) is 20.8 Å². The van der Waals surface area contributed by atoms with Gasteiger partial charge in [0.15, 0.2) is 10.1 Å². The maximum atomic E-state index is 12.9. The molecule has 1 aliphatic rings. The smallest absolute Gasteiger partial charge is 0.315 e. The van der Waals surface area contributed by atoms with Gasteiger partial charge in [0.25, 0.3) is 5.91 Å². The number of carbonyl (C=O) groups excluding carboxylic acids is 1. The van der Waals surface area contributed by atoms with Crippen molar-refractivity contribution < 1.29 is 19.6 Å². The number of hydrogen-bond acceptors (Lipinski definition) is 7. The maximum Gasteiger partial charge on any atom is 0.315 e. The number of nitro groups is 1. The summed E-state index contributed by atoms with van der Waals surface area (Å²) in [6, 6.07) is 8.29. The minimum atomic E-state index is -0.699. The summed E-state index contributed by atoms with van der Waals surface area (Å²) in [5, 5.41) is 21.3. The van der Waals surface area contributed by atoms with Crippen molar-refractivity contribution in [1.82, 2.24) is 0 Å². The Hall–Kier alpha value is -2.91. The van der Waals surface area contributed by atoms with Crippen LogP contribution >= 0.6 is 24.0 Å². The molecular formula is C20H18N2O5S2. The molecule has 9 heteroatoms. The van der Waals surface area contributed by atoms with Crippen molar-refractivity contribution in [2.75, 3.05) is 11.5 Å². The number of aromatic hydroxyl groups is 1. The summed E-state index contributed by atoms with van der Waals surface area (Å²) >= 11 is 6.49. The van der Waals surface area contributed by atoms with Gasteiger partial charge in [-0.05, 0) is 61.7 Å². The number of phenols is 1. The van der Waals surface area contributed by atoms with Crippen LogP contribution in [0, 0.1) is 24.0 Å². The number of anilines is 1. The summed E-state index contributed by atoms with van der Waals surface area (Å²) < 4.78 is 5.66. The Labute approximate surface area is 177 Å². The highest BCUT2D eigenvalue weighted by molar-refractivity contribution is 8.27. The van der Waals surface area contributed by atoms with Gasteiger partial charge in [-0.25, -0.2) is 0 Å².